The van der Waals surface area contributed by atoms with Crippen LogP contribution in [0.2, 0.25) is 0 Å². The van der Waals surface area contributed by atoms with Gasteiger partial charge < -0.3 is 5.73 Å². The fraction of sp³-hybridized carbons (Fsp3) is 0.133. The minimum atomic E-state index is -0.563. The lowest BCUT2D eigenvalue weighted by Crippen LogP contribution is -2.07. The van der Waals surface area contributed by atoms with Crippen molar-refractivity contribution in [3.63, 3.8) is 0 Å². The minimum Gasteiger partial charge on any atom is -0.396 e. The summed E-state index contributed by atoms with van der Waals surface area (Å²) in [6.45, 7) is 2.01. The molecule has 0 aliphatic carbocycles. The van der Waals surface area contributed by atoms with Crippen molar-refractivity contribution in [2.75, 3.05) is 5.73 Å². The van der Waals surface area contributed by atoms with E-state index >= 15 is 0 Å². The normalized spacial score (nSPS) is 10.3. The van der Waals surface area contributed by atoms with Gasteiger partial charge in [-0.2, -0.15) is 0 Å². The average Bonchev–Trinajstić information content (AvgIpc) is 2.41. The van der Waals surface area contributed by atoms with Gasteiger partial charge in [0.15, 0.2) is 5.78 Å². The molecule has 0 aliphatic heterocycles. The highest BCUT2D eigenvalue weighted by molar-refractivity contribution is 6.12. The molecule has 2 N–H and O–H groups in total. The molecule has 0 aliphatic rings. The first-order chi connectivity index (χ1) is 8.63. The van der Waals surface area contributed by atoms with Crippen molar-refractivity contribution in [2.24, 2.45) is 0 Å². The molecule has 0 spiro atoms. The molecule has 2 nitrogen and oxygen atoms in total. The van der Waals surface area contributed by atoms with Gasteiger partial charge >= 0.3 is 0 Å². The highest BCUT2D eigenvalue weighted by Crippen LogP contribution is 2.20. The van der Waals surface area contributed by atoms with Gasteiger partial charge in [-0.15, -0.1) is 0 Å². The number of aryl methyl sites for hydroxylation is 1. The van der Waals surface area contributed by atoms with Gasteiger partial charge in [0.25, 0.3) is 0 Å². The van der Waals surface area contributed by atoms with Crippen LogP contribution in [-0.2, 0) is 6.42 Å². The maximum Gasteiger partial charge on any atom is 0.195 e. The van der Waals surface area contributed by atoms with Crippen molar-refractivity contribution in [3.8, 4) is 0 Å². The molecule has 2 aromatic carbocycles. The molecule has 2 rings (SSSR count). The molecule has 0 atom stereocenters. The molecule has 0 fully saturated rings. The number of halogens is 1. The Morgan fingerprint density at radius 1 is 1.22 bits per heavy atom. The van der Waals surface area contributed by atoms with E-state index in [9.17, 15) is 9.18 Å². The maximum absolute atomic E-state index is 13.3. The number of anilines is 1. The largest absolute Gasteiger partial charge is 0.396 e. The van der Waals surface area contributed by atoms with Crippen LogP contribution >= 0.6 is 0 Å². The van der Waals surface area contributed by atoms with Gasteiger partial charge in [0.2, 0.25) is 0 Å². The fourth-order valence-electron chi connectivity index (χ4n) is 1.82. The molecule has 92 valence electrons. The molecule has 3 heteroatoms. The minimum absolute atomic E-state index is 0.0931. The molecule has 0 aromatic heterocycles. The molecule has 0 saturated carbocycles. The van der Waals surface area contributed by atoms with E-state index in [0.29, 0.717) is 5.56 Å². The summed E-state index contributed by atoms with van der Waals surface area (Å²) in [5, 5.41) is 0. The summed E-state index contributed by atoms with van der Waals surface area (Å²) in [7, 11) is 0. The van der Waals surface area contributed by atoms with E-state index in [0.717, 1.165) is 12.0 Å². The van der Waals surface area contributed by atoms with E-state index in [2.05, 4.69) is 0 Å². The van der Waals surface area contributed by atoms with Crippen LogP contribution < -0.4 is 5.73 Å². The van der Waals surface area contributed by atoms with Crippen LogP contribution in [0.15, 0.2) is 42.5 Å². The predicted octanol–water partition coefficient (Wildman–Crippen LogP) is 3.20. The first-order valence-corrected chi connectivity index (χ1v) is 5.81. The van der Waals surface area contributed by atoms with E-state index in [-0.39, 0.29) is 17.0 Å². The summed E-state index contributed by atoms with van der Waals surface area (Å²) in [4.78, 5) is 12.2. The van der Waals surface area contributed by atoms with Crippen LogP contribution in [-0.4, -0.2) is 5.78 Å². The van der Waals surface area contributed by atoms with Gasteiger partial charge in [0.1, 0.15) is 5.82 Å². The number of hydrogen-bond donors (Lipinski definition) is 1. The first-order valence-electron chi connectivity index (χ1n) is 5.81. The summed E-state index contributed by atoms with van der Waals surface area (Å²) in [6, 6.07) is 11.6. The Morgan fingerprint density at radius 2 is 1.94 bits per heavy atom. The van der Waals surface area contributed by atoms with Crippen LogP contribution in [0.1, 0.15) is 28.4 Å². The van der Waals surface area contributed by atoms with Gasteiger partial charge in [-0.3, -0.25) is 4.79 Å². The third-order valence-corrected chi connectivity index (χ3v) is 2.89. The van der Waals surface area contributed by atoms with Gasteiger partial charge in [-0.25, -0.2) is 4.39 Å². The zero-order valence-electron chi connectivity index (χ0n) is 10.1. The van der Waals surface area contributed by atoms with Crippen molar-refractivity contribution in [1.82, 2.24) is 0 Å². The summed E-state index contributed by atoms with van der Waals surface area (Å²) < 4.78 is 13.3. The van der Waals surface area contributed by atoms with Crippen molar-refractivity contribution >= 4 is 11.5 Å². The van der Waals surface area contributed by atoms with Gasteiger partial charge in [-0.1, -0.05) is 31.2 Å². The van der Waals surface area contributed by atoms with E-state index in [1.54, 1.807) is 12.1 Å². The molecule has 0 saturated heterocycles. The van der Waals surface area contributed by atoms with Crippen LogP contribution in [0, 0.1) is 5.82 Å². The molecule has 0 heterocycles. The molecular weight excluding hydrogens is 229 g/mol. The maximum atomic E-state index is 13.3. The van der Waals surface area contributed by atoms with E-state index in [1.165, 1.54) is 12.1 Å². The smallest absolute Gasteiger partial charge is 0.195 e. The zero-order chi connectivity index (χ0) is 13.1. The predicted molar refractivity (Wildman–Crippen MR) is 70.1 cm³/mol. The zero-order valence-corrected chi connectivity index (χ0v) is 10.1. The van der Waals surface area contributed by atoms with Gasteiger partial charge in [0, 0.05) is 11.1 Å². The average molecular weight is 243 g/mol. The van der Waals surface area contributed by atoms with Crippen molar-refractivity contribution in [3.05, 3.63) is 65.0 Å². The number of carbonyl (C=O) groups is 1. The van der Waals surface area contributed by atoms with E-state index < -0.39 is 5.82 Å². The van der Waals surface area contributed by atoms with Crippen molar-refractivity contribution < 1.29 is 9.18 Å². The monoisotopic (exact) mass is 243 g/mol. The number of nitrogens with two attached hydrogens (primary N) is 1. The highest BCUT2D eigenvalue weighted by Gasteiger charge is 2.14. The molecule has 18 heavy (non-hydrogen) atoms. The lowest BCUT2D eigenvalue weighted by molar-refractivity contribution is 0.103. The number of carbonyl (C=O) groups excluding carboxylic acids is 1. The van der Waals surface area contributed by atoms with Crippen LogP contribution in [0.4, 0.5) is 10.1 Å². The first kappa shape index (κ1) is 12.3. The molecule has 0 unspecified atom stereocenters. The Bertz CT molecular complexity index is 593. The van der Waals surface area contributed by atoms with Crippen LogP contribution in [0.25, 0.3) is 0 Å². The topological polar surface area (TPSA) is 43.1 Å². The van der Waals surface area contributed by atoms with Crippen LogP contribution in [0.3, 0.4) is 0 Å². The third kappa shape index (κ3) is 2.25. The number of ketones is 1. The third-order valence-electron chi connectivity index (χ3n) is 2.89. The Balaban J connectivity index is 2.44. The number of benzene rings is 2. The standard InChI is InChI=1S/C15H14FNO/c1-2-10-5-3-6-11(9-10)15(18)12-7-4-8-13(16)14(12)17/h3-9H,2,17H2,1H3. The molecular formula is C15H14FNO. The second-order valence-corrected chi connectivity index (χ2v) is 4.08. The van der Waals surface area contributed by atoms with E-state index in [4.69, 9.17) is 5.73 Å². The fourth-order valence-corrected chi connectivity index (χ4v) is 1.82. The number of nitrogen functional groups attached to an aromatic ring is 1. The summed E-state index contributed by atoms with van der Waals surface area (Å²) >= 11 is 0. The molecule has 2 aromatic rings. The second kappa shape index (κ2) is 5.00. The van der Waals surface area contributed by atoms with E-state index in [1.807, 2.05) is 25.1 Å². The lowest BCUT2D eigenvalue weighted by atomic mass is 9.99. The Hall–Kier alpha value is -2.16. The summed E-state index contributed by atoms with van der Waals surface area (Å²) in [5.41, 5.74) is 7.31. The summed E-state index contributed by atoms with van der Waals surface area (Å²) in [6.07, 6.45) is 0.847. The summed E-state index contributed by atoms with van der Waals surface area (Å²) in [5.74, 6) is -0.810. The Labute approximate surface area is 105 Å². The lowest BCUT2D eigenvalue weighted by Gasteiger charge is -2.06. The highest BCUT2D eigenvalue weighted by atomic mass is 19.1. The Morgan fingerprint density at radius 3 is 2.67 bits per heavy atom. The molecule has 0 radical (unpaired) electrons. The Kier molecular flexibility index (Phi) is 3.42. The van der Waals surface area contributed by atoms with Crippen molar-refractivity contribution in [2.45, 2.75) is 13.3 Å². The number of rotatable bonds is 3. The SMILES string of the molecule is CCc1cccc(C(=O)c2cccc(F)c2N)c1. The second-order valence-electron chi connectivity index (χ2n) is 4.08. The number of para-hydroxylation sites is 1. The van der Waals surface area contributed by atoms with Gasteiger partial charge in [-0.05, 0) is 30.2 Å². The van der Waals surface area contributed by atoms with Crippen LogP contribution in [0.5, 0.6) is 0 Å². The van der Waals surface area contributed by atoms with Crippen molar-refractivity contribution in [1.29, 1.82) is 0 Å². The molecule has 0 amide bonds. The quantitative estimate of drug-likeness (QED) is 0.664. The van der Waals surface area contributed by atoms with Gasteiger partial charge in [0.05, 0.1) is 5.69 Å². The number of hydrogen-bond acceptors (Lipinski definition) is 2. The molecule has 0 bridgehead atoms.